The minimum atomic E-state index is -0.787. The van der Waals surface area contributed by atoms with Crippen molar-refractivity contribution in [3.63, 3.8) is 0 Å². The van der Waals surface area contributed by atoms with Gasteiger partial charge in [-0.1, -0.05) is 65.7 Å². The Morgan fingerprint density at radius 3 is 2.52 bits per heavy atom. The van der Waals surface area contributed by atoms with Crippen LogP contribution >= 0.6 is 23.2 Å². The molecule has 1 atom stereocenters. The summed E-state index contributed by atoms with van der Waals surface area (Å²) in [7, 11) is 1.44. The smallest absolute Gasteiger partial charge is 0.338 e. The lowest BCUT2D eigenvalue weighted by atomic mass is 9.95. The van der Waals surface area contributed by atoms with Crippen molar-refractivity contribution in [3.05, 3.63) is 111 Å². The predicted molar refractivity (Wildman–Crippen MR) is 183 cm³/mol. The van der Waals surface area contributed by atoms with E-state index in [1.807, 2.05) is 42.5 Å². The molecule has 0 spiro atoms. The molecule has 0 aromatic heterocycles. The first-order chi connectivity index (χ1) is 23.2. The van der Waals surface area contributed by atoms with E-state index in [1.165, 1.54) is 13.3 Å². The molecule has 0 unspecified atom stereocenters. The second-order valence-electron chi connectivity index (χ2n) is 10.5. The van der Waals surface area contributed by atoms with Gasteiger partial charge < -0.3 is 29.6 Å². The SMILES string of the molecule is CCOC(=O)C1=C(C)NC(=O)N[C@@H]1c1ccc(OCC(=O)N/N=C/c2c(OCc3ccc(Cl)c(Cl)c3)ccc3ccccc23)c(OC)c1. The third kappa shape index (κ3) is 7.99. The highest BCUT2D eigenvalue weighted by Gasteiger charge is 2.32. The summed E-state index contributed by atoms with van der Waals surface area (Å²) >= 11 is 12.2. The molecule has 5 rings (SSSR count). The second kappa shape index (κ2) is 15.6. The first-order valence-electron chi connectivity index (χ1n) is 14.8. The van der Waals surface area contributed by atoms with Gasteiger partial charge in [0.1, 0.15) is 12.4 Å². The third-order valence-corrected chi connectivity index (χ3v) is 8.08. The van der Waals surface area contributed by atoms with E-state index >= 15 is 0 Å². The molecule has 0 aliphatic carbocycles. The maximum absolute atomic E-state index is 12.7. The lowest BCUT2D eigenvalue weighted by molar-refractivity contribution is -0.139. The molecule has 0 radical (unpaired) electrons. The van der Waals surface area contributed by atoms with Crippen LogP contribution in [0.4, 0.5) is 4.79 Å². The van der Waals surface area contributed by atoms with Crippen molar-refractivity contribution in [2.75, 3.05) is 20.3 Å². The van der Waals surface area contributed by atoms with Crippen molar-refractivity contribution in [1.29, 1.82) is 0 Å². The van der Waals surface area contributed by atoms with Gasteiger partial charge in [-0.15, -0.1) is 0 Å². The number of ether oxygens (including phenoxy) is 4. The molecule has 11 nitrogen and oxygen atoms in total. The lowest BCUT2D eigenvalue weighted by Crippen LogP contribution is -2.45. The van der Waals surface area contributed by atoms with Gasteiger partial charge in [-0.2, -0.15) is 5.10 Å². The third-order valence-electron chi connectivity index (χ3n) is 7.34. The van der Waals surface area contributed by atoms with Crippen molar-refractivity contribution in [2.24, 2.45) is 5.10 Å². The molecule has 0 bridgehead atoms. The van der Waals surface area contributed by atoms with Gasteiger partial charge in [0.25, 0.3) is 5.91 Å². The number of esters is 1. The van der Waals surface area contributed by atoms with Crippen molar-refractivity contribution < 1.29 is 33.3 Å². The van der Waals surface area contributed by atoms with E-state index in [0.717, 1.165) is 16.3 Å². The molecule has 13 heteroatoms. The number of carbonyl (C=O) groups excluding carboxylic acids is 3. The zero-order valence-electron chi connectivity index (χ0n) is 26.3. The highest BCUT2D eigenvalue weighted by Crippen LogP contribution is 2.35. The molecule has 1 heterocycles. The number of nitrogens with one attached hydrogen (secondary N) is 3. The maximum atomic E-state index is 12.7. The summed E-state index contributed by atoms with van der Waals surface area (Å²) in [5, 5.41) is 12.2. The quantitative estimate of drug-likeness (QED) is 0.0882. The number of hydrazone groups is 1. The van der Waals surface area contributed by atoms with Crippen molar-refractivity contribution in [1.82, 2.24) is 16.1 Å². The number of allylic oxidation sites excluding steroid dienone is 1. The lowest BCUT2D eigenvalue weighted by Gasteiger charge is -2.28. The van der Waals surface area contributed by atoms with Crippen LogP contribution in [0.3, 0.4) is 0 Å². The molecule has 4 aromatic carbocycles. The van der Waals surface area contributed by atoms with E-state index < -0.39 is 23.9 Å². The number of hydrogen-bond donors (Lipinski definition) is 3. The summed E-state index contributed by atoms with van der Waals surface area (Å²) in [6.45, 7) is 3.36. The second-order valence-corrected chi connectivity index (χ2v) is 11.3. The number of amides is 3. The molecule has 0 saturated heterocycles. The minimum absolute atomic E-state index is 0.176. The van der Waals surface area contributed by atoms with Gasteiger partial charge in [-0.25, -0.2) is 15.0 Å². The van der Waals surface area contributed by atoms with Crippen molar-refractivity contribution in [3.8, 4) is 17.2 Å². The molecular weight excluding hydrogens is 659 g/mol. The summed E-state index contributed by atoms with van der Waals surface area (Å²) in [5.41, 5.74) is 5.19. The summed E-state index contributed by atoms with van der Waals surface area (Å²) in [4.78, 5) is 37.6. The van der Waals surface area contributed by atoms with Gasteiger partial charge in [0, 0.05) is 11.3 Å². The monoisotopic (exact) mass is 690 g/mol. The van der Waals surface area contributed by atoms with Crippen LogP contribution < -0.4 is 30.3 Å². The van der Waals surface area contributed by atoms with E-state index in [9.17, 15) is 14.4 Å². The average molecular weight is 692 g/mol. The summed E-state index contributed by atoms with van der Waals surface area (Å²) in [6.07, 6.45) is 1.52. The molecule has 4 aromatic rings. The zero-order valence-corrected chi connectivity index (χ0v) is 27.8. The molecule has 3 N–H and O–H groups in total. The van der Waals surface area contributed by atoms with Gasteiger partial charge in [0.05, 0.1) is 41.6 Å². The number of halogens is 2. The van der Waals surface area contributed by atoms with Crippen molar-refractivity contribution >= 4 is 58.1 Å². The molecule has 0 fully saturated rings. The molecule has 0 saturated carbocycles. The van der Waals surface area contributed by atoms with E-state index in [-0.39, 0.29) is 36.9 Å². The Morgan fingerprint density at radius 2 is 1.75 bits per heavy atom. The number of fused-ring (bicyclic) bond motifs is 1. The summed E-state index contributed by atoms with van der Waals surface area (Å²) < 4.78 is 22.5. The molecular formula is C35H32Cl2N4O7. The molecule has 1 aliphatic heterocycles. The summed E-state index contributed by atoms with van der Waals surface area (Å²) in [6, 6.07) is 20.4. The number of methoxy groups -OCH3 is 1. The average Bonchev–Trinajstić information content (AvgIpc) is 3.07. The first-order valence-corrected chi connectivity index (χ1v) is 15.6. The Kier molecular flexibility index (Phi) is 11.0. The number of urea groups is 1. The van der Waals surface area contributed by atoms with Crippen LogP contribution in [-0.2, 0) is 20.9 Å². The van der Waals surface area contributed by atoms with Crippen LogP contribution in [0.2, 0.25) is 10.0 Å². The van der Waals surface area contributed by atoms with Gasteiger partial charge >= 0.3 is 12.0 Å². The number of benzene rings is 4. The minimum Gasteiger partial charge on any atom is -0.493 e. The Hall–Kier alpha value is -5.26. The van der Waals surface area contributed by atoms with Gasteiger partial charge in [-0.3, -0.25) is 4.79 Å². The van der Waals surface area contributed by atoms with Crippen LogP contribution in [0.25, 0.3) is 10.8 Å². The van der Waals surface area contributed by atoms with Crippen LogP contribution in [0, 0.1) is 0 Å². The predicted octanol–water partition coefficient (Wildman–Crippen LogP) is 6.45. The standard InChI is InChI=1S/C35H32Cl2N4O7/c1-4-46-34(43)32-20(2)39-35(44)40-33(32)23-11-14-29(30(16-23)45-3)48-19-31(42)41-38-17-25-24-8-6-5-7-22(24)10-13-28(25)47-18-21-9-12-26(36)27(37)15-21/h5-17,33H,4,18-19H2,1-3H3,(H,41,42)(H2,39,40,44)/b38-17+/t33-/m1/s1. The molecule has 1 aliphatic rings. The topological polar surface area (TPSA) is 137 Å². The largest absolute Gasteiger partial charge is 0.493 e. The molecule has 48 heavy (non-hydrogen) atoms. The van der Waals surface area contributed by atoms with Crippen LogP contribution in [0.5, 0.6) is 17.2 Å². The first kappa shape index (κ1) is 34.1. The van der Waals surface area contributed by atoms with E-state index in [0.29, 0.717) is 32.6 Å². The summed E-state index contributed by atoms with van der Waals surface area (Å²) in [5.74, 6) is 0.0327. The fraction of sp³-hybridized carbons (Fsp3) is 0.200. The van der Waals surface area contributed by atoms with Crippen LogP contribution in [0.15, 0.2) is 89.2 Å². The van der Waals surface area contributed by atoms with Crippen LogP contribution in [0.1, 0.15) is 36.6 Å². The normalized spacial score (nSPS) is 14.4. The fourth-order valence-corrected chi connectivity index (χ4v) is 5.40. The van der Waals surface area contributed by atoms with Gasteiger partial charge in [-0.05, 0) is 66.1 Å². The number of hydrogen-bond acceptors (Lipinski definition) is 8. The Morgan fingerprint density at radius 1 is 0.958 bits per heavy atom. The van der Waals surface area contributed by atoms with Crippen LogP contribution in [-0.4, -0.2) is 44.4 Å². The number of nitrogens with zero attached hydrogens (tertiary/aromatic N) is 1. The molecule has 3 amide bonds. The van der Waals surface area contributed by atoms with Crippen molar-refractivity contribution in [2.45, 2.75) is 26.5 Å². The Balaban J connectivity index is 1.27. The highest BCUT2D eigenvalue weighted by atomic mass is 35.5. The Bertz CT molecular complexity index is 1930. The highest BCUT2D eigenvalue weighted by molar-refractivity contribution is 6.42. The van der Waals surface area contributed by atoms with Gasteiger partial charge in [0.2, 0.25) is 0 Å². The zero-order chi connectivity index (χ0) is 34.2. The van der Waals surface area contributed by atoms with Gasteiger partial charge in [0.15, 0.2) is 18.1 Å². The van der Waals surface area contributed by atoms with E-state index in [2.05, 4.69) is 21.2 Å². The molecule has 248 valence electrons. The van der Waals surface area contributed by atoms with E-state index in [1.54, 1.807) is 44.2 Å². The maximum Gasteiger partial charge on any atom is 0.338 e. The fourth-order valence-electron chi connectivity index (χ4n) is 5.08. The van der Waals surface area contributed by atoms with E-state index in [4.69, 9.17) is 42.1 Å². The Labute approximate surface area is 286 Å². The number of carbonyl (C=O) groups is 3. The number of rotatable bonds is 12.